The van der Waals surface area contributed by atoms with E-state index in [0.29, 0.717) is 5.02 Å². The highest BCUT2D eigenvalue weighted by Crippen LogP contribution is 2.32. The average Bonchev–Trinajstić information content (AvgIpc) is 3.11. The van der Waals surface area contributed by atoms with Gasteiger partial charge in [-0.2, -0.15) is 0 Å². The molecule has 2 atom stereocenters. The van der Waals surface area contributed by atoms with Crippen LogP contribution in [0, 0.1) is 0 Å². The molecule has 1 fully saturated rings. The van der Waals surface area contributed by atoms with Gasteiger partial charge in [0.1, 0.15) is 6.26 Å². The van der Waals surface area contributed by atoms with E-state index < -0.39 is 0 Å². The number of hydrogen-bond donors (Lipinski definition) is 1. The first-order chi connectivity index (χ1) is 10.6. The highest BCUT2D eigenvalue weighted by atomic mass is 35.5. The molecule has 0 bridgehead atoms. The fraction of sp³-hybridized carbons (Fsp3) is 0.267. The molecule has 0 spiro atoms. The van der Waals surface area contributed by atoms with Crippen LogP contribution in [0.1, 0.15) is 28.5 Å². The monoisotopic (exact) mass is 319 g/mol. The lowest BCUT2D eigenvalue weighted by Gasteiger charge is -2.25. The van der Waals surface area contributed by atoms with Crippen molar-refractivity contribution in [3.05, 3.63) is 52.9 Å². The van der Waals surface area contributed by atoms with Crippen molar-refractivity contribution in [2.75, 3.05) is 7.05 Å². The van der Waals surface area contributed by atoms with E-state index in [-0.39, 0.29) is 36.0 Å². The van der Waals surface area contributed by atoms with Crippen LogP contribution in [0.25, 0.3) is 0 Å². The summed E-state index contributed by atoms with van der Waals surface area (Å²) in [5.74, 6) is -0.383. The molecule has 1 aliphatic heterocycles. The standard InChI is InChI=1S/C15H14ClN3O3/c1-19-13(20)8-12(17-15(21)11-6-7-22-18-11)14(19)9-2-4-10(16)5-3-9/h2-7,12,14H,8H2,1H3,(H,17,21). The molecule has 0 saturated carbocycles. The van der Waals surface area contributed by atoms with Crippen LogP contribution in [0.5, 0.6) is 0 Å². The number of hydrogen-bond acceptors (Lipinski definition) is 4. The quantitative estimate of drug-likeness (QED) is 0.939. The van der Waals surface area contributed by atoms with E-state index in [2.05, 4.69) is 15.0 Å². The van der Waals surface area contributed by atoms with Crippen LogP contribution in [-0.4, -0.2) is 35.0 Å². The number of nitrogens with one attached hydrogen (secondary N) is 1. The molecule has 1 aliphatic rings. The number of benzene rings is 1. The van der Waals surface area contributed by atoms with Crippen molar-refractivity contribution in [2.24, 2.45) is 0 Å². The molecule has 1 aromatic carbocycles. The van der Waals surface area contributed by atoms with Crippen molar-refractivity contribution in [1.82, 2.24) is 15.4 Å². The Kier molecular flexibility index (Phi) is 3.85. The van der Waals surface area contributed by atoms with Gasteiger partial charge in [0, 0.05) is 24.6 Å². The van der Waals surface area contributed by atoms with E-state index in [0.717, 1.165) is 5.56 Å². The Morgan fingerprint density at radius 1 is 1.36 bits per heavy atom. The Morgan fingerprint density at radius 2 is 2.09 bits per heavy atom. The van der Waals surface area contributed by atoms with Gasteiger partial charge in [0.2, 0.25) is 5.91 Å². The lowest BCUT2D eigenvalue weighted by Crippen LogP contribution is -2.39. The molecule has 22 heavy (non-hydrogen) atoms. The Labute approximate surface area is 132 Å². The van der Waals surface area contributed by atoms with E-state index in [1.165, 1.54) is 12.3 Å². The van der Waals surface area contributed by atoms with Crippen LogP contribution in [0.15, 0.2) is 41.1 Å². The van der Waals surface area contributed by atoms with E-state index in [1.807, 2.05) is 12.1 Å². The second-order valence-corrected chi connectivity index (χ2v) is 5.61. The second kappa shape index (κ2) is 5.81. The van der Waals surface area contributed by atoms with Crippen molar-refractivity contribution in [1.29, 1.82) is 0 Å². The van der Waals surface area contributed by atoms with Gasteiger partial charge in [0.05, 0.1) is 12.1 Å². The van der Waals surface area contributed by atoms with E-state index >= 15 is 0 Å². The van der Waals surface area contributed by atoms with Gasteiger partial charge in [-0.1, -0.05) is 28.9 Å². The molecule has 3 rings (SSSR count). The SMILES string of the molecule is CN1C(=O)CC(NC(=O)c2ccon2)C1c1ccc(Cl)cc1. The minimum atomic E-state index is -0.360. The maximum atomic E-state index is 12.1. The molecule has 1 aromatic heterocycles. The predicted octanol–water partition coefficient (Wildman–Crippen LogP) is 2.03. The van der Waals surface area contributed by atoms with Crippen molar-refractivity contribution in [3.8, 4) is 0 Å². The second-order valence-electron chi connectivity index (χ2n) is 5.17. The predicted molar refractivity (Wildman–Crippen MR) is 79.3 cm³/mol. The number of halogens is 1. The van der Waals surface area contributed by atoms with Gasteiger partial charge in [0.15, 0.2) is 5.69 Å². The van der Waals surface area contributed by atoms with E-state index in [9.17, 15) is 9.59 Å². The summed E-state index contributed by atoms with van der Waals surface area (Å²) in [5, 5.41) is 7.07. The summed E-state index contributed by atoms with van der Waals surface area (Å²) >= 11 is 5.90. The third kappa shape index (κ3) is 2.69. The van der Waals surface area contributed by atoms with E-state index in [1.54, 1.807) is 24.1 Å². The maximum absolute atomic E-state index is 12.1. The van der Waals surface area contributed by atoms with E-state index in [4.69, 9.17) is 11.6 Å². The minimum Gasteiger partial charge on any atom is -0.364 e. The van der Waals surface area contributed by atoms with Gasteiger partial charge >= 0.3 is 0 Å². The zero-order valence-corrected chi connectivity index (χ0v) is 12.6. The smallest absolute Gasteiger partial charge is 0.273 e. The Bertz CT molecular complexity index is 685. The van der Waals surface area contributed by atoms with Crippen molar-refractivity contribution >= 4 is 23.4 Å². The maximum Gasteiger partial charge on any atom is 0.273 e. The number of amides is 2. The number of rotatable bonds is 3. The van der Waals surface area contributed by atoms with Gasteiger partial charge in [-0.3, -0.25) is 9.59 Å². The van der Waals surface area contributed by atoms with Crippen LogP contribution < -0.4 is 5.32 Å². The van der Waals surface area contributed by atoms with Gasteiger partial charge in [-0.25, -0.2) is 0 Å². The summed E-state index contributed by atoms with van der Waals surface area (Å²) < 4.78 is 4.66. The molecular weight excluding hydrogens is 306 g/mol. The first-order valence-electron chi connectivity index (χ1n) is 6.78. The first kappa shape index (κ1) is 14.6. The van der Waals surface area contributed by atoms with Gasteiger partial charge in [0.25, 0.3) is 5.91 Å². The fourth-order valence-corrected chi connectivity index (χ4v) is 2.81. The summed E-state index contributed by atoms with van der Waals surface area (Å²) in [6, 6.07) is 8.17. The highest BCUT2D eigenvalue weighted by molar-refractivity contribution is 6.30. The third-order valence-corrected chi connectivity index (χ3v) is 4.04. The summed E-state index contributed by atoms with van der Waals surface area (Å²) in [5.41, 5.74) is 1.11. The van der Waals surface area contributed by atoms with Gasteiger partial charge in [-0.05, 0) is 17.7 Å². The number of aromatic nitrogens is 1. The van der Waals surface area contributed by atoms with Crippen LogP contribution in [0.3, 0.4) is 0 Å². The number of nitrogens with zero attached hydrogens (tertiary/aromatic N) is 2. The number of carbonyl (C=O) groups excluding carboxylic acids is 2. The molecule has 2 aromatic rings. The molecule has 6 nitrogen and oxygen atoms in total. The summed E-state index contributed by atoms with van der Waals surface area (Å²) in [6.07, 6.45) is 1.57. The molecular formula is C15H14ClN3O3. The lowest BCUT2D eigenvalue weighted by molar-refractivity contribution is -0.127. The molecule has 1 N–H and O–H groups in total. The van der Waals surface area contributed by atoms with Crippen molar-refractivity contribution in [3.63, 3.8) is 0 Å². The lowest BCUT2D eigenvalue weighted by atomic mass is 10.00. The highest BCUT2D eigenvalue weighted by Gasteiger charge is 2.39. The molecule has 0 radical (unpaired) electrons. The number of carbonyl (C=O) groups is 2. The third-order valence-electron chi connectivity index (χ3n) is 3.78. The zero-order chi connectivity index (χ0) is 15.7. The zero-order valence-electron chi connectivity index (χ0n) is 11.8. The summed E-state index contributed by atoms with van der Waals surface area (Å²) in [6.45, 7) is 0. The topological polar surface area (TPSA) is 75.4 Å². The number of likely N-dealkylation sites (tertiary alicyclic amines) is 1. The fourth-order valence-electron chi connectivity index (χ4n) is 2.69. The van der Waals surface area contributed by atoms with Crippen LogP contribution in [-0.2, 0) is 4.79 Å². The number of likely N-dealkylation sites (N-methyl/N-ethyl adjacent to an activating group) is 1. The van der Waals surface area contributed by atoms with Crippen LogP contribution in [0.4, 0.5) is 0 Å². The van der Waals surface area contributed by atoms with Crippen molar-refractivity contribution < 1.29 is 14.1 Å². The molecule has 7 heteroatoms. The molecule has 2 unspecified atom stereocenters. The summed E-state index contributed by atoms with van der Waals surface area (Å²) in [7, 11) is 1.73. The Hall–Kier alpha value is -2.34. The first-order valence-corrected chi connectivity index (χ1v) is 7.16. The van der Waals surface area contributed by atoms with Crippen molar-refractivity contribution in [2.45, 2.75) is 18.5 Å². The summed E-state index contributed by atoms with van der Waals surface area (Å²) in [4.78, 5) is 25.8. The molecule has 2 heterocycles. The van der Waals surface area contributed by atoms with Crippen LogP contribution >= 0.6 is 11.6 Å². The molecule has 0 aliphatic carbocycles. The minimum absolute atomic E-state index is 0.0228. The molecule has 2 amide bonds. The van der Waals surface area contributed by atoms with Gasteiger partial charge < -0.3 is 14.7 Å². The van der Waals surface area contributed by atoms with Crippen LogP contribution in [0.2, 0.25) is 5.02 Å². The molecule has 114 valence electrons. The van der Waals surface area contributed by atoms with Gasteiger partial charge in [-0.15, -0.1) is 0 Å². The average molecular weight is 320 g/mol. The Balaban J connectivity index is 1.83. The largest absolute Gasteiger partial charge is 0.364 e. The molecule has 1 saturated heterocycles. The normalized spacial score (nSPS) is 21.2. The Morgan fingerprint density at radius 3 is 2.73 bits per heavy atom.